The molecule has 0 unspecified atom stereocenters. The van der Waals surface area contributed by atoms with E-state index in [0.717, 1.165) is 18.7 Å². The summed E-state index contributed by atoms with van der Waals surface area (Å²) in [6.45, 7) is 6.87. The lowest BCUT2D eigenvalue weighted by Crippen LogP contribution is -2.28. The minimum Gasteiger partial charge on any atom is -0.387 e. The molecular weight excluding hydrogens is 270 g/mol. The van der Waals surface area contributed by atoms with Crippen LogP contribution in [0, 0.1) is 0 Å². The number of aliphatic hydroxyl groups is 1. The van der Waals surface area contributed by atoms with Crippen molar-refractivity contribution in [2.45, 2.75) is 20.0 Å². The first kappa shape index (κ1) is 15.0. The van der Waals surface area contributed by atoms with Gasteiger partial charge in [-0.15, -0.1) is 0 Å². The fourth-order valence-electron chi connectivity index (χ4n) is 3.06. The van der Waals surface area contributed by atoms with Crippen LogP contribution in [0.25, 0.3) is 21.5 Å². The first-order valence-electron chi connectivity index (χ1n) is 8.04. The normalized spacial score (nSPS) is 13.1. The minimum atomic E-state index is -0.441. The number of nitrogens with zero attached hydrogens (tertiary/aromatic N) is 1. The number of fused-ring (bicyclic) bond motifs is 3. The second-order valence-electron chi connectivity index (χ2n) is 5.77. The van der Waals surface area contributed by atoms with Crippen molar-refractivity contribution in [2.24, 2.45) is 0 Å². The summed E-state index contributed by atoms with van der Waals surface area (Å²) in [5, 5.41) is 15.5. The lowest BCUT2D eigenvalue weighted by molar-refractivity contribution is 0.119. The molecule has 0 radical (unpaired) electrons. The quantitative estimate of drug-likeness (QED) is 0.706. The first-order chi connectivity index (χ1) is 10.7. The van der Waals surface area contributed by atoms with Gasteiger partial charge in [-0.25, -0.2) is 0 Å². The molecule has 0 fully saturated rings. The van der Waals surface area contributed by atoms with Gasteiger partial charge in [-0.05, 0) is 46.3 Å². The number of hydrogen-bond acceptors (Lipinski definition) is 2. The summed E-state index contributed by atoms with van der Waals surface area (Å²) in [4.78, 5) is 2.25. The highest BCUT2D eigenvalue weighted by Gasteiger charge is 2.12. The summed E-state index contributed by atoms with van der Waals surface area (Å²) in [5.41, 5.74) is 0.996. The fourth-order valence-corrected chi connectivity index (χ4v) is 3.06. The zero-order valence-corrected chi connectivity index (χ0v) is 13.3. The third kappa shape index (κ3) is 2.85. The van der Waals surface area contributed by atoms with E-state index in [1.54, 1.807) is 0 Å². The number of benzene rings is 3. The maximum atomic E-state index is 10.5. The van der Waals surface area contributed by atoms with Gasteiger partial charge in [-0.3, -0.25) is 0 Å². The van der Waals surface area contributed by atoms with Crippen molar-refractivity contribution >= 4 is 21.5 Å². The summed E-state index contributed by atoms with van der Waals surface area (Å²) in [6.07, 6.45) is -0.441. The van der Waals surface area contributed by atoms with Gasteiger partial charge in [0.25, 0.3) is 0 Å². The summed E-state index contributed by atoms with van der Waals surface area (Å²) in [5.74, 6) is 0. The van der Waals surface area contributed by atoms with Crippen LogP contribution in [0.5, 0.6) is 0 Å². The molecule has 114 valence electrons. The SMILES string of the molecule is CCN(CC)C[C@H](O)c1ccc2ccc3ccccc3c2c1. The third-order valence-corrected chi connectivity index (χ3v) is 4.48. The minimum absolute atomic E-state index is 0.441. The molecule has 0 saturated carbocycles. The number of rotatable bonds is 5. The summed E-state index contributed by atoms with van der Waals surface area (Å²) in [7, 11) is 0. The Morgan fingerprint density at radius 3 is 2.23 bits per heavy atom. The second-order valence-corrected chi connectivity index (χ2v) is 5.77. The molecule has 2 nitrogen and oxygen atoms in total. The maximum absolute atomic E-state index is 10.5. The molecule has 1 N–H and O–H groups in total. The lowest BCUT2D eigenvalue weighted by atomic mass is 9.98. The van der Waals surface area contributed by atoms with Crippen LogP contribution in [0.2, 0.25) is 0 Å². The van der Waals surface area contributed by atoms with Crippen LogP contribution >= 0.6 is 0 Å². The third-order valence-electron chi connectivity index (χ3n) is 4.48. The number of aliphatic hydroxyl groups excluding tert-OH is 1. The molecule has 0 heterocycles. The van der Waals surface area contributed by atoms with Crippen LogP contribution in [-0.2, 0) is 0 Å². The van der Waals surface area contributed by atoms with Crippen molar-refractivity contribution in [1.29, 1.82) is 0 Å². The Bertz CT molecular complexity index is 777. The van der Waals surface area contributed by atoms with E-state index in [9.17, 15) is 5.11 Å². The van der Waals surface area contributed by atoms with Gasteiger partial charge >= 0.3 is 0 Å². The van der Waals surface area contributed by atoms with E-state index >= 15 is 0 Å². The predicted molar refractivity (Wildman–Crippen MR) is 94.2 cm³/mol. The van der Waals surface area contributed by atoms with Crippen LogP contribution in [-0.4, -0.2) is 29.6 Å². The Hall–Kier alpha value is -1.90. The molecule has 0 spiro atoms. The average Bonchev–Trinajstić information content (AvgIpc) is 2.58. The second kappa shape index (κ2) is 6.47. The van der Waals surface area contributed by atoms with E-state index in [1.165, 1.54) is 21.5 Å². The van der Waals surface area contributed by atoms with E-state index < -0.39 is 6.10 Å². The maximum Gasteiger partial charge on any atom is 0.0917 e. The lowest BCUT2D eigenvalue weighted by Gasteiger charge is -2.22. The average molecular weight is 293 g/mol. The Morgan fingerprint density at radius 1 is 0.864 bits per heavy atom. The van der Waals surface area contributed by atoms with Gasteiger partial charge in [-0.2, -0.15) is 0 Å². The van der Waals surface area contributed by atoms with Crippen molar-refractivity contribution in [3.8, 4) is 0 Å². The highest BCUT2D eigenvalue weighted by molar-refractivity contribution is 6.07. The van der Waals surface area contributed by atoms with Crippen LogP contribution in [0.3, 0.4) is 0 Å². The van der Waals surface area contributed by atoms with Gasteiger partial charge in [0, 0.05) is 6.54 Å². The van der Waals surface area contributed by atoms with Crippen LogP contribution < -0.4 is 0 Å². The number of likely N-dealkylation sites (N-methyl/N-ethyl adjacent to an activating group) is 1. The largest absolute Gasteiger partial charge is 0.387 e. The Kier molecular flexibility index (Phi) is 4.41. The van der Waals surface area contributed by atoms with E-state index in [2.05, 4.69) is 67.3 Å². The molecule has 0 aliphatic heterocycles. The van der Waals surface area contributed by atoms with E-state index in [1.807, 2.05) is 6.07 Å². The van der Waals surface area contributed by atoms with E-state index in [4.69, 9.17) is 0 Å². The standard InChI is InChI=1S/C20H23NO/c1-3-21(4-2)14-20(22)17-12-11-16-10-9-15-7-5-6-8-18(15)19(16)13-17/h5-13,20,22H,3-4,14H2,1-2H3/t20-/m0/s1. The zero-order valence-electron chi connectivity index (χ0n) is 13.3. The zero-order chi connectivity index (χ0) is 15.5. The highest BCUT2D eigenvalue weighted by Crippen LogP contribution is 2.28. The molecule has 0 saturated heterocycles. The molecule has 2 heteroatoms. The fraction of sp³-hybridized carbons (Fsp3) is 0.300. The van der Waals surface area contributed by atoms with Gasteiger partial charge in [0.1, 0.15) is 0 Å². The molecule has 3 aromatic carbocycles. The summed E-state index contributed by atoms with van der Waals surface area (Å²) >= 11 is 0. The van der Waals surface area contributed by atoms with Gasteiger partial charge in [0.15, 0.2) is 0 Å². The van der Waals surface area contributed by atoms with E-state index in [0.29, 0.717) is 6.54 Å². The molecule has 1 atom stereocenters. The Morgan fingerprint density at radius 2 is 1.50 bits per heavy atom. The van der Waals surface area contributed by atoms with Crippen molar-refractivity contribution in [2.75, 3.05) is 19.6 Å². The number of hydrogen-bond donors (Lipinski definition) is 1. The van der Waals surface area contributed by atoms with Crippen molar-refractivity contribution in [1.82, 2.24) is 4.90 Å². The van der Waals surface area contributed by atoms with E-state index in [-0.39, 0.29) is 0 Å². The molecule has 22 heavy (non-hydrogen) atoms. The van der Waals surface area contributed by atoms with Gasteiger partial charge in [0.05, 0.1) is 6.10 Å². The monoisotopic (exact) mass is 293 g/mol. The first-order valence-corrected chi connectivity index (χ1v) is 8.04. The predicted octanol–water partition coefficient (Wildman–Crippen LogP) is 4.37. The molecule has 3 aromatic rings. The molecule has 0 amide bonds. The Balaban J connectivity index is 2.03. The van der Waals surface area contributed by atoms with Crippen LogP contribution in [0.15, 0.2) is 54.6 Å². The van der Waals surface area contributed by atoms with Crippen molar-refractivity contribution in [3.63, 3.8) is 0 Å². The van der Waals surface area contributed by atoms with Gasteiger partial charge < -0.3 is 10.0 Å². The molecule has 0 bridgehead atoms. The smallest absolute Gasteiger partial charge is 0.0917 e. The topological polar surface area (TPSA) is 23.5 Å². The molecule has 0 aromatic heterocycles. The molecule has 0 aliphatic rings. The van der Waals surface area contributed by atoms with Crippen LogP contribution in [0.4, 0.5) is 0 Å². The summed E-state index contributed by atoms with van der Waals surface area (Å²) in [6, 6.07) is 19.0. The Labute approximate surface area is 132 Å². The van der Waals surface area contributed by atoms with Gasteiger partial charge in [-0.1, -0.05) is 62.4 Å². The molecule has 3 rings (SSSR count). The summed E-state index contributed by atoms with van der Waals surface area (Å²) < 4.78 is 0. The van der Waals surface area contributed by atoms with Gasteiger partial charge in [0.2, 0.25) is 0 Å². The molecule has 0 aliphatic carbocycles. The van der Waals surface area contributed by atoms with Crippen LogP contribution in [0.1, 0.15) is 25.5 Å². The van der Waals surface area contributed by atoms with Crippen molar-refractivity contribution in [3.05, 3.63) is 60.2 Å². The van der Waals surface area contributed by atoms with Crippen molar-refractivity contribution < 1.29 is 5.11 Å². The molecular formula is C20H23NO. The highest BCUT2D eigenvalue weighted by atomic mass is 16.3.